The van der Waals surface area contributed by atoms with Gasteiger partial charge in [0.15, 0.2) is 0 Å². The monoisotopic (exact) mass is 421 g/mol. The zero-order valence-corrected chi connectivity index (χ0v) is 18.7. The maximum absolute atomic E-state index is 12.2. The van der Waals surface area contributed by atoms with Gasteiger partial charge in [0.1, 0.15) is 18.2 Å². The van der Waals surface area contributed by atoms with Gasteiger partial charge in [0.05, 0.1) is 16.9 Å². The summed E-state index contributed by atoms with van der Waals surface area (Å²) >= 11 is 0. The number of hydrogen-bond acceptors (Lipinski definition) is 4. The van der Waals surface area contributed by atoms with E-state index in [-0.39, 0.29) is 22.9 Å². The lowest BCUT2D eigenvalue weighted by atomic mass is 9.87. The Bertz CT molecular complexity index is 1080. The molecule has 1 atom stereocenters. The quantitative estimate of drug-likeness (QED) is 0.573. The summed E-state index contributed by atoms with van der Waals surface area (Å²) in [5, 5.41) is 3.53. The third-order valence-electron chi connectivity index (χ3n) is 5.11. The van der Waals surface area contributed by atoms with Crippen LogP contribution in [0.2, 0.25) is 0 Å². The molecule has 3 rings (SSSR count). The van der Waals surface area contributed by atoms with Crippen molar-refractivity contribution < 1.29 is 9.53 Å². The van der Waals surface area contributed by atoms with Crippen LogP contribution < -0.4 is 15.6 Å². The minimum absolute atomic E-state index is 0.0395. The molecule has 0 saturated carbocycles. The van der Waals surface area contributed by atoms with E-state index in [2.05, 4.69) is 48.2 Å². The Morgan fingerprint density at radius 3 is 2.55 bits per heavy atom. The van der Waals surface area contributed by atoms with Crippen molar-refractivity contribution >= 4 is 16.8 Å². The van der Waals surface area contributed by atoms with E-state index >= 15 is 0 Å². The van der Waals surface area contributed by atoms with Crippen molar-refractivity contribution in [2.45, 2.75) is 58.4 Å². The van der Waals surface area contributed by atoms with Crippen LogP contribution in [0, 0.1) is 0 Å². The van der Waals surface area contributed by atoms with Gasteiger partial charge in [-0.2, -0.15) is 0 Å². The number of nitrogens with zero attached hydrogens (tertiary/aromatic N) is 1. The lowest BCUT2D eigenvalue weighted by molar-refractivity contribution is -0.122. The van der Waals surface area contributed by atoms with Crippen LogP contribution in [-0.4, -0.2) is 28.5 Å². The topological polar surface area (TPSA) is 84.1 Å². The maximum atomic E-state index is 12.2. The second kappa shape index (κ2) is 9.77. The van der Waals surface area contributed by atoms with Gasteiger partial charge >= 0.3 is 0 Å². The molecule has 2 aromatic carbocycles. The Labute approximate surface area is 183 Å². The highest BCUT2D eigenvalue weighted by Crippen LogP contribution is 2.24. The van der Waals surface area contributed by atoms with Crippen molar-refractivity contribution in [3.8, 4) is 5.75 Å². The summed E-state index contributed by atoms with van der Waals surface area (Å²) < 4.78 is 5.80. The van der Waals surface area contributed by atoms with E-state index in [4.69, 9.17) is 4.74 Å². The number of hydrogen-bond donors (Lipinski definition) is 2. The van der Waals surface area contributed by atoms with Crippen LogP contribution in [0.3, 0.4) is 0 Å². The molecule has 1 aromatic heterocycles. The van der Waals surface area contributed by atoms with Gasteiger partial charge in [-0.1, -0.05) is 45.0 Å². The smallest absolute Gasteiger partial charge is 0.258 e. The fourth-order valence-corrected chi connectivity index (χ4v) is 3.33. The maximum Gasteiger partial charge on any atom is 0.258 e. The molecule has 0 fully saturated rings. The molecule has 0 spiro atoms. The van der Waals surface area contributed by atoms with Crippen molar-refractivity contribution in [2.24, 2.45) is 0 Å². The third kappa shape index (κ3) is 6.41. The van der Waals surface area contributed by atoms with Gasteiger partial charge < -0.3 is 15.0 Å². The Morgan fingerprint density at radius 1 is 1.13 bits per heavy atom. The van der Waals surface area contributed by atoms with E-state index in [1.807, 2.05) is 37.3 Å². The van der Waals surface area contributed by atoms with Gasteiger partial charge in [-0.25, -0.2) is 4.98 Å². The largest absolute Gasteiger partial charge is 0.491 e. The molecule has 0 bridgehead atoms. The number of para-hydroxylation sites is 1. The number of amides is 1. The van der Waals surface area contributed by atoms with Crippen LogP contribution >= 0.6 is 0 Å². The van der Waals surface area contributed by atoms with Gasteiger partial charge in [-0.05, 0) is 48.6 Å². The summed E-state index contributed by atoms with van der Waals surface area (Å²) in [5.41, 5.74) is 1.89. The van der Waals surface area contributed by atoms with Crippen LogP contribution in [0.4, 0.5) is 0 Å². The first-order valence-electron chi connectivity index (χ1n) is 10.7. The molecule has 0 radical (unpaired) electrons. The highest BCUT2D eigenvalue weighted by Gasteiger charge is 2.13. The van der Waals surface area contributed by atoms with Crippen LogP contribution in [-0.2, 0) is 16.6 Å². The number of aromatic amines is 1. The molecule has 164 valence electrons. The summed E-state index contributed by atoms with van der Waals surface area (Å²) in [4.78, 5) is 31.6. The third-order valence-corrected chi connectivity index (χ3v) is 5.11. The van der Waals surface area contributed by atoms with Gasteiger partial charge in [0, 0.05) is 12.8 Å². The summed E-state index contributed by atoms with van der Waals surface area (Å²) in [7, 11) is 0. The first-order valence-corrected chi connectivity index (χ1v) is 10.7. The molecule has 0 aliphatic rings. The Hall–Kier alpha value is -3.15. The molecule has 3 aromatic rings. The zero-order chi connectivity index (χ0) is 22.4. The molecular formula is C25H31N3O3. The highest BCUT2D eigenvalue weighted by atomic mass is 16.5. The molecule has 0 aliphatic heterocycles. The summed E-state index contributed by atoms with van der Waals surface area (Å²) in [6.45, 7) is 8.85. The molecule has 6 heteroatoms. The number of ether oxygens (including phenoxy) is 1. The first kappa shape index (κ1) is 22.5. The van der Waals surface area contributed by atoms with Crippen LogP contribution in [0.15, 0.2) is 53.3 Å². The number of carbonyl (C=O) groups excluding carboxylic acids is 1. The van der Waals surface area contributed by atoms with E-state index in [0.29, 0.717) is 42.6 Å². The molecule has 1 amide bonds. The van der Waals surface area contributed by atoms with E-state index in [9.17, 15) is 9.59 Å². The Kier molecular flexibility index (Phi) is 7.10. The number of benzene rings is 2. The normalized spacial score (nSPS) is 12.5. The molecule has 2 N–H and O–H groups in total. The molecular weight excluding hydrogens is 390 g/mol. The Balaban J connectivity index is 1.42. The first-order chi connectivity index (χ1) is 14.7. The second-order valence-electron chi connectivity index (χ2n) is 8.94. The average molecular weight is 422 g/mol. The van der Waals surface area contributed by atoms with Crippen molar-refractivity contribution in [1.29, 1.82) is 0 Å². The summed E-state index contributed by atoms with van der Waals surface area (Å²) in [6, 6.07) is 15.2. The van der Waals surface area contributed by atoms with Crippen molar-refractivity contribution in [2.75, 3.05) is 6.61 Å². The van der Waals surface area contributed by atoms with Crippen molar-refractivity contribution in [3.05, 3.63) is 70.3 Å². The van der Waals surface area contributed by atoms with Gasteiger partial charge in [-0.15, -0.1) is 0 Å². The SMILES string of the molecule is CC(COc1ccc(C(C)(C)C)cc1)NC(=O)CCCc1nc2ccccc2c(=O)[nH]1. The lowest BCUT2D eigenvalue weighted by Gasteiger charge is -2.20. The van der Waals surface area contributed by atoms with Gasteiger partial charge in [0.2, 0.25) is 5.91 Å². The van der Waals surface area contributed by atoms with Crippen molar-refractivity contribution in [1.82, 2.24) is 15.3 Å². The molecule has 0 aliphatic carbocycles. The number of rotatable bonds is 8. The minimum atomic E-state index is -0.147. The van der Waals surface area contributed by atoms with Crippen LogP contribution in [0.5, 0.6) is 5.75 Å². The molecule has 6 nitrogen and oxygen atoms in total. The van der Waals surface area contributed by atoms with Crippen molar-refractivity contribution in [3.63, 3.8) is 0 Å². The minimum Gasteiger partial charge on any atom is -0.491 e. The van der Waals surface area contributed by atoms with Gasteiger partial charge in [-0.3, -0.25) is 9.59 Å². The number of carbonyl (C=O) groups is 1. The summed E-state index contributed by atoms with van der Waals surface area (Å²) in [5.74, 6) is 1.36. The predicted octanol–water partition coefficient (Wildman–Crippen LogP) is 4.13. The van der Waals surface area contributed by atoms with Gasteiger partial charge in [0.25, 0.3) is 5.56 Å². The van der Waals surface area contributed by atoms with E-state index in [1.165, 1.54) is 5.56 Å². The fraction of sp³-hybridized carbons (Fsp3) is 0.400. The van der Waals surface area contributed by atoms with E-state index < -0.39 is 0 Å². The summed E-state index contributed by atoms with van der Waals surface area (Å²) in [6.07, 6.45) is 1.51. The highest BCUT2D eigenvalue weighted by molar-refractivity contribution is 5.77. The Morgan fingerprint density at radius 2 is 1.84 bits per heavy atom. The molecule has 0 saturated heterocycles. The van der Waals surface area contributed by atoms with E-state index in [1.54, 1.807) is 6.07 Å². The number of nitrogens with one attached hydrogen (secondary N) is 2. The number of H-pyrrole nitrogens is 1. The zero-order valence-electron chi connectivity index (χ0n) is 18.7. The number of aromatic nitrogens is 2. The molecule has 1 heterocycles. The molecule has 31 heavy (non-hydrogen) atoms. The van der Waals surface area contributed by atoms with E-state index in [0.717, 1.165) is 5.75 Å². The van der Waals surface area contributed by atoms with Crippen LogP contribution in [0.1, 0.15) is 51.9 Å². The standard InChI is InChI=1S/C25H31N3O3/c1-17(16-31-19-14-12-18(13-15-19)25(2,3)4)26-23(29)11-7-10-22-27-21-9-6-5-8-20(21)24(30)28-22/h5-6,8-9,12-15,17H,7,10-11,16H2,1-4H3,(H,26,29)(H,27,28,30). The molecule has 1 unspecified atom stereocenters. The number of aryl methyl sites for hydroxylation is 1. The number of fused-ring (bicyclic) bond motifs is 1. The van der Waals surface area contributed by atoms with Crippen LogP contribution in [0.25, 0.3) is 10.9 Å². The second-order valence-corrected chi connectivity index (χ2v) is 8.94. The predicted molar refractivity (Wildman–Crippen MR) is 124 cm³/mol. The fourth-order valence-electron chi connectivity index (χ4n) is 3.33. The lowest BCUT2D eigenvalue weighted by Crippen LogP contribution is -2.36. The average Bonchev–Trinajstić information content (AvgIpc) is 2.72.